The van der Waals surface area contributed by atoms with Gasteiger partial charge in [-0.15, -0.1) is 0 Å². The van der Waals surface area contributed by atoms with Gasteiger partial charge < -0.3 is 14.9 Å². The molecule has 0 radical (unpaired) electrons. The molecule has 1 aromatic carbocycles. The summed E-state index contributed by atoms with van der Waals surface area (Å²) in [5, 5.41) is 8.86. The first-order chi connectivity index (χ1) is 9.97. The van der Waals surface area contributed by atoms with Gasteiger partial charge in [0.25, 0.3) is 0 Å². The summed E-state index contributed by atoms with van der Waals surface area (Å²) in [6.45, 7) is 3.93. The van der Waals surface area contributed by atoms with Gasteiger partial charge in [-0.25, -0.2) is 9.59 Å². The van der Waals surface area contributed by atoms with E-state index in [2.05, 4.69) is 6.08 Å². The van der Waals surface area contributed by atoms with Gasteiger partial charge in [0.15, 0.2) is 0 Å². The van der Waals surface area contributed by atoms with Gasteiger partial charge in [0, 0.05) is 26.7 Å². The van der Waals surface area contributed by atoms with E-state index in [0.717, 1.165) is 18.5 Å². The minimum Gasteiger partial charge on any atom is -0.478 e. The third kappa shape index (κ3) is 3.84. The van der Waals surface area contributed by atoms with Crippen molar-refractivity contribution < 1.29 is 14.7 Å². The first-order valence-corrected chi connectivity index (χ1v) is 6.95. The number of rotatable bonds is 3. The van der Waals surface area contributed by atoms with Crippen LogP contribution in [0.3, 0.4) is 0 Å². The molecular formula is C16H20N2O3. The number of carboxylic acids is 1. The number of carboxylic acid groups (broad SMARTS) is 1. The van der Waals surface area contributed by atoms with Crippen molar-refractivity contribution in [2.45, 2.75) is 19.9 Å². The Labute approximate surface area is 124 Å². The van der Waals surface area contributed by atoms with Crippen molar-refractivity contribution in [3.63, 3.8) is 0 Å². The highest BCUT2D eigenvalue weighted by Crippen LogP contribution is 2.13. The van der Waals surface area contributed by atoms with E-state index in [1.807, 2.05) is 11.8 Å². The molecule has 0 bridgehead atoms. The van der Waals surface area contributed by atoms with Gasteiger partial charge in [0.05, 0.1) is 5.56 Å². The fourth-order valence-electron chi connectivity index (χ4n) is 2.41. The Morgan fingerprint density at radius 1 is 1.29 bits per heavy atom. The Morgan fingerprint density at radius 2 is 1.95 bits per heavy atom. The highest BCUT2D eigenvalue weighted by atomic mass is 16.4. The van der Waals surface area contributed by atoms with Gasteiger partial charge in [0.2, 0.25) is 0 Å². The van der Waals surface area contributed by atoms with Crippen LogP contribution in [-0.4, -0.2) is 47.0 Å². The lowest BCUT2D eigenvalue weighted by Gasteiger charge is -2.30. The Bertz CT molecular complexity index is 563. The molecular weight excluding hydrogens is 268 g/mol. The highest BCUT2D eigenvalue weighted by molar-refractivity contribution is 5.87. The van der Waals surface area contributed by atoms with Crippen LogP contribution in [0.25, 0.3) is 0 Å². The Kier molecular flexibility index (Phi) is 4.62. The fraction of sp³-hybridized carbons (Fsp3) is 0.375. The topological polar surface area (TPSA) is 60.9 Å². The number of carbonyl (C=O) groups excluding carboxylic acids is 1. The molecule has 21 heavy (non-hydrogen) atoms. The summed E-state index contributed by atoms with van der Waals surface area (Å²) in [7, 11) is 1.76. The van der Waals surface area contributed by atoms with Gasteiger partial charge >= 0.3 is 12.0 Å². The average molecular weight is 288 g/mol. The molecule has 5 nitrogen and oxygen atoms in total. The Hall–Kier alpha value is -2.30. The molecule has 0 aliphatic carbocycles. The normalized spacial score (nSPS) is 14.6. The van der Waals surface area contributed by atoms with E-state index in [0.29, 0.717) is 13.1 Å². The molecule has 112 valence electrons. The van der Waals surface area contributed by atoms with Crippen LogP contribution in [0.4, 0.5) is 4.79 Å². The Morgan fingerprint density at radius 3 is 2.52 bits per heavy atom. The molecule has 1 heterocycles. The highest BCUT2D eigenvalue weighted by Gasteiger charge is 2.20. The van der Waals surface area contributed by atoms with Crippen LogP contribution in [0.5, 0.6) is 0 Å². The molecule has 0 aromatic heterocycles. The first-order valence-electron chi connectivity index (χ1n) is 6.95. The van der Waals surface area contributed by atoms with Crippen molar-refractivity contribution in [2.75, 3.05) is 20.1 Å². The van der Waals surface area contributed by atoms with Crippen LogP contribution in [0.1, 0.15) is 29.3 Å². The maximum absolute atomic E-state index is 12.4. The zero-order chi connectivity index (χ0) is 15.4. The van der Waals surface area contributed by atoms with Gasteiger partial charge in [-0.3, -0.25) is 0 Å². The fourth-order valence-corrected chi connectivity index (χ4v) is 2.41. The second kappa shape index (κ2) is 6.43. The minimum atomic E-state index is -0.943. The summed E-state index contributed by atoms with van der Waals surface area (Å²) in [6.07, 6.45) is 3.06. The van der Waals surface area contributed by atoms with Crippen molar-refractivity contribution in [1.29, 1.82) is 0 Å². The number of benzene rings is 1. The molecule has 1 N–H and O–H groups in total. The number of aromatic carboxylic acids is 1. The van der Waals surface area contributed by atoms with Crippen LogP contribution < -0.4 is 0 Å². The number of nitrogens with zero attached hydrogens (tertiary/aromatic N) is 2. The van der Waals surface area contributed by atoms with Crippen LogP contribution in [0, 0.1) is 0 Å². The summed E-state index contributed by atoms with van der Waals surface area (Å²) in [6, 6.07) is 6.61. The summed E-state index contributed by atoms with van der Waals surface area (Å²) >= 11 is 0. The zero-order valence-electron chi connectivity index (χ0n) is 12.4. The summed E-state index contributed by atoms with van der Waals surface area (Å²) < 4.78 is 0. The lowest BCUT2D eigenvalue weighted by Crippen LogP contribution is -2.43. The zero-order valence-corrected chi connectivity index (χ0v) is 12.4. The van der Waals surface area contributed by atoms with E-state index >= 15 is 0 Å². The molecule has 0 saturated carbocycles. The van der Waals surface area contributed by atoms with Crippen molar-refractivity contribution in [3.05, 3.63) is 47.0 Å². The van der Waals surface area contributed by atoms with E-state index < -0.39 is 5.97 Å². The van der Waals surface area contributed by atoms with E-state index in [-0.39, 0.29) is 11.6 Å². The van der Waals surface area contributed by atoms with Crippen molar-refractivity contribution in [1.82, 2.24) is 9.80 Å². The van der Waals surface area contributed by atoms with E-state index in [9.17, 15) is 9.59 Å². The molecule has 1 aromatic rings. The number of hydrogen-bond acceptors (Lipinski definition) is 2. The van der Waals surface area contributed by atoms with Crippen LogP contribution in [0.2, 0.25) is 0 Å². The molecule has 5 heteroatoms. The molecule has 0 unspecified atom stereocenters. The second-order valence-corrected chi connectivity index (χ2v) is 5.40. The van der Waals surface area contributed by atoms with Gasteiger partial charge in [0.1, 0.15) is 0 Å². The molecule has 0 atom stereocenters. The maximum Gasteiger partial charge on any atom is 0.335 e. The first kappa shape index (κ1) is 15.1. The largest absolute Gasteiger partial charge is 0.478 e. The van der Waals surface area contributed by atoms with Crippen molar-refractivity contribution >= 4 is 12.0 Å². The monoisotopic (exact) mass is 288 g/mol. The number of urea groups is 1. The lowest BCUT2D eigenvalue weighted by atomic mass is 10.1. The summed E-state index contributed by atoms with van der Waals surface area (Å²) in [4.78, 5) is 26.7. The molecule has 1 aliphatic rings. The quantitative estimate of drug-likeness (QED) is 0.870. The Balaban J connectivity index is 1.97. The third-order valence-corrected chi connectivity index (χ3v) is 3.55. The van der Waals surface area contributed by atoms with Gasteiger partial charge in [-0.2, -0.15) is 0 Å². The molecule has 2 amide bonds. The molecule has 0 fully saturated rings. The third-order valence-electron chi connectivity index (χ3n) is 3.55. The molecule has 2 rings (SSSR count). The van der Waals surface area contributed by atoms with Gasteiger partial charge in [-0.1, -0.05) is 23.8 Å². The summed E-state index contributed by atoms with van der Waals surface area (Å²) in [5.74, 6) is -0.943. The van der Waals surface area contributed by atoms with Crippen molar-refractivity contribution in [3.8, 4) is 0 Å². The number of carbonyl (C=O) groups is 2. The SMILES string of the molecule is CC1=CCCN(C(=O)N(C)Cc2ccc(C(=O)O)cc2)C1. The van der Waals surface area contributed by atoms with Crippen LogP contribution in [0.15, 0.2) is 35.9 Å². The summed E-state index contributed by atoms with van der Waals surface area (Å²) in [5.41, 5.74) is 2.39. The smallest absolute Gasteiger partial charge is 0.335 e. The number of amides is 2. The average Bonchev–Trinajstić information content (AvgIpc) is 2.47. The predicted molar refractivity (Wildman–Crippen MR) is 80.2 cm³/mol. The predicted octanol–water partition coefficient (Wildman–Crippen LogP) is 2.59. The molecule has 0 saturated heterocycles. The standard InChI is InChI=1S/C16H20N2O3/c1-12-4-3-9-18(10-12)16(21)17(2)11-13-5-7-14(8-6-13)15(19)20/h4-8H,3,9-11H2,1-2H3,(H,19,20). The van der Waals surface area contributed by atoms with Crippen LogP contribution >= 0.6 is 0 Å². The van der Waals surface area contributed by atoms with E-state index in [4.69, 9.17) is 5.11 Å². The van der Waals surface area contributed by atoms with Gasteiger partial charge in [-0.05, 0) is 31.0 Å². The second-order valence-electron chi connectivity index (χ2n) is 5.40. The minimum absolute atomic E-state index is 0.00441. The molecule has 0 spiro atoms. The van der Waals surface area contributed by atoms with Crippen molar-refractivity contribution in [2.24, 2.45) is 0 Å². The number of hydrogen-bond donors (Lipinski definition) is 1. The van der Waals surface area contributed by atoms with E-state index in [1.165, 1.54) is 5.57 Å². The van der Waals surface area contributed by atoms with E-state index in [1.54, 1.807) is 36.2 Å². The van der Waals surface area contributed by atoms with Crippen LogP contribution in [-0.2, 0) is 6.54 Å². The maximum atomic E-state index is 12.4. The lowest BCUT2D eigenvalue weighted by molar-refractivity contribution is 0.0697. The molecule has 1 aliphatic heterocycles.